The molecule has 1 fully saturated rings. The molecular weight excluding hydrogens is 182 g/mol. The van der Waals surface area contributed by atoms with Crippen LogP contribution in [0.4, 0.5) is 0 Å². The van der Waals surface area contributed by atoms with Crippen LogP contribution in [0.25, 0.3) is 0 Å². The zero-order chi connectivity index (χ0) is 11.1. The number of hydrogen-bond acceptors (Lipinski definition) is 1. The molecule has 1 aliphatic heterocycles. The van der Waals surface area contributed by atoms with Gasteiger partial charge >= 0.3 is 0 Å². The van der Waals surface area contributed by atoms with Gasteiger partial charge in [-0.3, -0.25) is 0 Å². The Morgan fingerprint density at radius 2 is 1.67 bits per heavy atom. The van der Waals surface area contributed by atoms with E-state index in [-0.39, 0.29) is 0 Å². The lowest BCUT2D eigenvalue weighted by Crippen LogP contribution is -2.43. The summed E-state index contributed by atoms with van der Waals surface area (Å²) in [6, 6.07) is 0. The zero-order valence-electron chi connectivity index (χ0n) is 10.6. The Balaban J connectivity index is 2.38. The molecule has 0 spiro atoms. The van der Waals surface area contributed by atoms with E-state index < -0.39 is 0 Å². The first-order valence-electron chi connectivity index (χ1n) is 6.49. The quantitative estimate of drug-likeness (QED) is 0.686. The molecule has 2 rings (SSSR count). The summed E-state index contributed by atoms with van der Waals surface area (Å²) in [6.07, 6.45) is 6.31. The molecule has 0 saturated carbocycles. The van der Waals surface area contributed by atoms with Gasteiger partial charge in [0.2, 0.25) is 0 Å². The van der Waals surface area contributed by atoms with E-state index >= 15 is 0 Å². The second kappa shape index (κ2) is 3.93. The normalized spacial score (nSPS) is 33.7. The molecule has 1 aliphatic carbocycles. The molecule has 2 atom stereocenters. The zero-order valence-corrected chi connectivity index (χ0v) is 10.6. The van der Waals surface area contributed by atoms with Crippen LogP contribution in [0.5, 0.6) is 0 Å². The topological polar surface area (TPSA) is 12.0 Å². The Labute approximate surface area is 94.3 Å². The summed E-state index contributed by atoms with van der Waals surface area (Å²) in [4.78, 5) is 0. The lowest BCUT2D eigenvalue weighted by Gasteiger charge is -2.46. The minimum atomic E-state index is 0.517. The maximum absolute atomic E-state index is 3.59. The Bertz CT molecular complexity index is 226. The monoisotopic (exact) mass is 207 g/mol. The van der Waals surface area contributed by atoms with Crippen molar-refractivity contribution in [1.82, 2.24) is 5.32 Å². The van der Waals surface area contributed by atoms with E-state index in [0.717, 1.165) is 23.7 Å². The van der Waals surface area contributed by atoms with Crippen molar-refractivity contribution in [1.29, 1.82) is 0 Å². The van der Waals surface area contributed by atoms with E-state index in [1.54, 1.807) is 0 Å². The Hall–Kier alpha value is -0.300. The summed E-state index contributed by atoms with van der Waals surface area (Å²) in [5.41, 5.74) is 0.517. The third-order valence-corrected chi connectivity index (χ3v) is 4.86. The predicted molar refractivity (Wildman–Crippen MR) is 65.7 cm³/mol. The second-order valence-electron chi connectivity index (χ2n) is 5.90. The number of nitrogens with one attached hydrogen (secondary N) is 1. The molecule has 2 unspecified atom stereocenters. The summed E-state index contributed by atoms with van der Waals surface area (Å²) < 4.78 is 0. The van der Waals surface area contributed by atoms with Crippen molar-refractivity contribution in [2.24, 2.45) is 29.1 Å². The van der Waals surface area contributed by atoms with Crippen molar-refractivity contribution >= 4 is 0 Å². The van der Waals surface area contributed by atoms with Crippen molar-refractivity contribution in [3.63, 3.8) is 0 Å². The maximum atomic E-state index is 3.59. The fourth-order valence-electron chi connectivity index (χ4n) is 4.36. The van der Waals surface area contributed by atoms with E-state index in [2.05, 4.69) is 45.2 Å². The Kier molecular flexibility index (Phi) is 2.94. The summed E-state index contributed by atoms with van der Waals surface area (Å²) in [6.45, 7) is 12.0. The van der Waals surface area contributed by atoms with Crippen LogP contribution in [0.15, 0.2) is 12.2 Å². The van der Waals surface area contributed by atoms with Gasteiger partial charge in [-0.05, 0) is 42.1 Å². The molecule has 86 valence electrons. The van der Waals surface area contributed by atoms with Gasteiger partial charge < -0.3 is 5.32 Å². The van der Waals surface area contributed by atoms with E-state index in [4.69, 9.17) is 0 Å². The van der Waals surface area contributed by atoms with Crippen LogP contribution in [0.1, 0.15) is 34.1 Å². The van der Waals surface area contributed by atoms with Gasteiger partial charge in [0.05, 0.1) is 0 Å². The Morgan fingerprint density at radius 3 is 2.27 bits per heavy atom. The van der Waals surface area contributed by atoms with Gasteiger partial charge in [0, 0.05) is 6.54 Å². The Morgan fingerprint density at radius 1 is 1.07 bits per heavy atom. The molecule has 0 radical (unpaired) electrons. The first-order valence-corrected chi connectivity index (χ1v) is 6.49. The largest absolute Gasteiger partial charge is 0.316 e. The van der Waals surface area contributed by atoms with Crippen LogP contribution in [0.3, 0.4) is 0 Å². The van der Waals surface area contributed by atoms with Crippen molar-refractivity contribution in [3.05, 3.63) is 12.2 Å². The number of fused-ring (bicyclic) bond motifs is 2. The molecule has 1 N–H and O–H groups in total. The lowest BCUT2D eigenvalue weighted by molar-refractivity contribution is 0.0287. The minimum absolute atomic E-state index is 0.517. The predicted octanol–water partition coefficient (Wildman–Crippen LogP) is 3.08. The smallest absolute Gasteiger partial charge is 0.00199 e. The number of rotatable bonds is 2. The third-order valence-electron chi connectivity index (χ3n) is 4.86. The maximum Gasteiger partial charge on any atom is 0.00199 e. The van der Waals surface area contributed by atoms with E-state index in [9.17, 15) is 0 Å². The van der Waals surface area contributed by atoms with Gasteiger partial charge in [-0.1, -0.05) is 39.8 Å². The number of allylic oxidation sites excluding steroid dienone is 1. The molecule has 0 aromatic heterocycles. The summed E-state index contributed by atoms with van der Waals surface area (Å²) in [5, 5.41) is 3.59. The van der Waals surface area contributed by atoms with Gasteiger partial charge in [0.25, 0.3) is 0 Å². The molecule has 15 heavy (non-hydrogen) atoms. The van der Waals surface area contributed by atoms with E-state index in [1.807, 2.05) is 0 Å². The molecule has 1 heteroatoms. The highest BCUT2D eigenvalue weighted by Gasteiger charge is 2.51. The fourth-order valence-corrected chi connectivity index (χ4v) is 4.36. The average Bonchev–Trinajstić information content (AvgIpc) is 2.35. The van der Waals surface area contributed by atoms with Gasteiger partial charge in [-0.15, -0.1) is 0 Å². The van der Waals surface area contributed by atoms with Crippen LogP contribution in [-0.2, 0) is 0 Å². The van der Waals surface area contributed by atoms with Gasteiger partial charge in [-0.25, -0.2) is 0 Å². The highest BCUT2D eigenvalue weighted by molar-refractivity contribution is 5.17. The first kappa shape index (κ1) is 11.2. The SMILES string of the molecule is CC(C)C1(C(C)C)C2C=CC1CNCC2. The minimum Gasteiger partial charge on any atom is -0.316 e. The summed E-state index contributed by atoms with van der Waals surface area (Å²) in [7, 11) is 0. The molecule has 1 nitrogen and oxygen atoms in total. The molecule has 1 heterocycles. The molecule has 2 bridgehead atoms. The van der Waals surface area contributed by atoms with Crippen molar-refractivity contribution in [3.8, 4) is 0 Å². The first-order chi connectivity index (χ1) is 7.10. The summed E-state index contributed by atoms with van der Waals surface area (Å²) in [5.74, 6) is 3.12. The molecular formula is C14H25N. The van der Waals surface area contributed by atoms with Crippen LogP contribution in [0, 0.1) is 29.1 Å². The highest BCUT2D eigenvalue weighted by atomic mass is 14.9. The third kappa shape index (κ3) is 1.47. The van der Waals surface area contributed by atoms with Crippen LogP contribution >= 0.6 is 0 Å². The highest BCUT2D eigenvalue weighted by Crippen LogP contribution is 2.55. The van der Waals surface area contributed by atoms with E-state index in [1.165, 1.54) is 19.5 Å². The molecule has 2 aliphatic rings. The second-order valence-corrected chi connectivity index (χ2v) is 5.90. The van der Waals surface area contributed by atoms with Crippen molar-refractivity contribution in [2.45, 2.75) is 34.1 Å². The standard InChI is InChI=1S/C14H25N/c1-10(2)14(11(3)4)12-5-6-13(14)9-15-8-7-12/h5-6,10-13,15H,7-9H2,1-4H3. The number of hydrogen-bond donors (Lipinski definition) is 1. The van der Waals surface area contributed by atoms with Gasteiger partial charge in [0.1, 0.15) is 0 Å². The van der Waals surface area contributed by atoms with Crippen LogP contribution in [-0.4, -0.2) is 13.1 Å². The molecule has 1 saturated heterocycles. The molecule has 0 aromatic rings. The van der Waals surface area contributed by atoms with Gasteiger partial charge in [-0.2, -0.15) is 0 Å². The van der Waals surface area contributed by atoms with E-state index in [0.29, 0.717) is 5.41 Å². The lowest BCUT2D eigenvalue weighted by atomic mass is 9.57. The fraction of sp³-hybridized carbons (Fsp3) is 0.857. The van der Waals surface area contributed by atoms with Crippen molar-refractivity contribution in [2.75, 3.05) is 13.1 Å². The van der Waals surface area contributed by atoms with Crippen molar-refractivity contribution < 1.29 is 0 Å². The van der Waals surface area contributed by atoms with Gasteiger partial charge in [0.15, 0.2) is 0 Å². The summed E-state index contributed by atoms with van der Waals surface area (Å²) >= 11 is 0. The van der Waals surface area contributed by atoms with Crippen LogP contribution < -0.4 is 5.32 Å². The molecule has 0 aromatic carbocycles. The van der Waals surface area contributed by atoms with Crippen LogP contribution in [0.2, 0.25) is 0 Å². The molecule has 0 amide bonds. The average molecular weight is 207 g/mol.